The zero-order valence-electron chi connectivity index (χ0n) is 9.88. The summed E-state index contributed by atoms with van der Waals surface area (Å²) in [6.45, 7) is 1.66. The first-order chi connectivity index (χ1) is 8.38. The van der Waals surface area contributed by atoms with E-state index in [9.17, 15) is 0 Å². The number of aromatic nitrogens is 2. The molecule has 3 rings (SSSR count). The number of rotatable bonds is 2. The van der Waals surface area contributed by atoms with Crippen molar-refractivity contribution in [1.29, 1.82) is 0 Å². The van der Waals surface area contributed by atoms with E-state index in [0.717, 1.165) is 35.7 Å². The highest BCUT2D eigenvalue weighted by molar-refractivity contribution is 5.91. The lowest BCUT2D eigenvalue weighted by molar-refractivity contribution is 0.420. The average Bonchev–Trinajstić information content (AvgIpc) is 2.99. The van der Waals surface area contributed by atoms with Gasteiger partial charge >= 0.3 is 0 Å². The van der Waals surface area contributed by atoms with Gasteiger partial charge in [-0.15, -0.1) is 12.4 Å². The van der Waals surface area contributed by atoms with E-state index < -0.39 is 0 Å². The minimum atomic E-state index is 0. The second kappa shape index (κ2) is 5.14. The summed E-state index contributed by atoms with van der Waals surface area (Å²) in [6.07, 6.45) is 1.77. The van der Waals surface area contributed by atoms with Crippen LogP contribution in [-0.2, 0) is 0 Å². The molecular formula is C11H14ClN5O. The molecule has 1 aromatic heterocycles. The van der Waals surface area contributed by atoms with Crippen LogP contribution in [-0.4, -0.2) is 36.0 Å². The van der Waals surface area contributed by atoms with Crippen LogP contribution < -0.4 is 15.5 Å². The summed E-state index contributed by atoms with van der Waals surface area (Å²) in [5, 5.41) is 8.38. The van der Waals surface area contributed by atoms with Crippen LogP contribution in [0.2, 0.25) is 0 Å². The topological polar surface area (TPSA) is 63.5 Å². The van der Waals surface area contributed by atoms with Crippen LogP contribution in [0.3, 0.4) is 0 Å². The maximum atomic E-state index is 5.28. The number of nitrogens with one attached hydrogen (secondary N) is 2. The molecule has 6 nitrogen and oxygen atoms in total. The number of halogens is 1. The molecule has 0 aliphatic carbocycles. The van der Waals surface area contributed by atoms with Gasteiger partial charge in [0.2, 0.25) is 5.96 Å². The molecule has 0 saturated heterocycles. The number of hydrogen-bond donors (Lipinski definition) is 2. The van der Waals surface area contributed by atoms with Crippen LogP contribution in [0.25, 0.3) is 10.9 Å². The molecule has 1 aromatic carbocycles. The Morgan fingerprint density at radius 3 is 3.06 bits per heavy atom. The molecule has 7 heteroatoms. The van der Waals surface area contributed by atoms with Crippen molar-refractivity contribution in [2.24, 2.45) is 4.99 Å². The number of benzene rings is 1. The largest absolute Gasteiger partial charge is 0.496 e. The molecule has 0 spiro atoms. The average molecular weight is 268 g/mol. The van der Waals surface area contributed by atoms with Crippen molar-refractivity contribution in [3.63, 3.8) is 0 Å². The summed E-state index contributed by atoms with van der Waals surface area (Å²) in [5.74, 6) is 1.56. The molecule has 1 aliphatic rings. The summed E-state index contributed by atoms with van der Waals surface area (Å²) in [6, 6.07) is 5.83. The SMILES string of the molecule is COc1cccc2c1cnn2NC1=NCCN1.Cl. The fourth-order valence-corrected chi connectivity index (χ4v) is 1.86. The molecule has 0 radical (unpaired) electrons. The van der Waals surface area contributed by atoms with Crippen molar-refractivity contribution in [2.45, 2.75) is 0 Å². The highest BCUT2D eigenvalue weighted by Gasteiger charge is 2.10. The molecular weight excluding hydrogens is 254 g/mol. The van der Waals surface area contributed by atoms with Crippen LogP contribution >= 0.6 is 12.4 Å². The van der Waals surface area contributed by atoms with Gasteiger partial charge in [0, 0.05) is 6.54 Å². The zero-order valence-corrected chi connectivity index (χ0v) is 10.7. The van der Waals surface area contributed by atoms with Crippen LogP contribution in [0.1, 0.15) is 0 Å². The lowest BCUT2D eigenvalue weighted by Crippen LogP contribution is -2.32. The lowest BCUT2D eigenvalue weighted by Gasteiger charge is -2.07. The minimum absolute atomic E-state index is 0. The second-order valence-corrected chi connectivity index (χ2v) is 3.72. The molecule has 96 valence electrons. The predicted octanol–water partition coefficient (Wildman–Crippen LogP) is 0.969. The third-order valence-electron chi connectivity index (χ3n) is 2.68. The van der Waals surface area contributed by atoms with E-state index in [-0.39, 0.29) is 12.4 Å². The number of nitrogens with zero attached hydrogens (tertiary/aromatic N) is 3. The van der Waals surface area contributed by atoms with Gasteiger partial charge in [0.15, 0.2) is 0 Å². The summed E-state index contributed by atoms with van der Waals surface area (Å²) >= 11 is 0. The van der Waals surface area contributed by atoms with Gasteiger partial charge in [-0.25, -0.2) is 10.4 Å². The van der Waals surface area contributed by atoms with Crippen LogP contribution in [0.15, 0.2) is 29.4 Å². The van der Waals surface area contributed by atoms with E-state index in [1.54, 1.807) is 18.1 Å². The molecule has 2 N–H and O–H groups in total. The van der Waals surface area contributed by atoms with Crippen molar-refractivity contribution in [2.75, 3.05) is 25.6 Å². The van der Waals surface area contributed by atoms with Crippen molar-refractivity contribution in [3.8, 4) is 5.75 Å². The normalized spacial score (nSPS) is 13.7. The van der Waals surface area contributed by atoms with E-state index >= 15 is 0 Å². The standard InChI is InChI=1S/C11H13N5O.ClH/c1-17-10-4-2-3-9-8(10)7-14-16(9)15-11-12-5-6-13-11;/h2-4,7H,5-6H2,1H3,(H2,12,13,15);1H. The summed E-state index contributed by atoms with van der Waals surface area (Å²) in [4.78, 5) is 5.95. The minimum Gasteiger partial charge on any atom is -0.496 e. The molecule has 2 heterocycles. The zero-order chi connectivity index (χ0) is 11.7. The van der Waals surface area contributed by atoms with Crippen molar-refractivity contribution >= 4 is 29.3 Å². The third-order valence-corrected chi connectivity index (χ3v) is 2.68. The van der Waals surface area contributed by atoms with Gasteiger partial charge in [-0.3, -0.25) is 0 Å². The molecule has 0 bridgehead atoms. The van der Waals surface area contributed by atoms with E-state index in [2.05, 4.69) is 20.8 Å². The number of guanidine groups is 1. The number of ether oxygens (including phenoxy) is 1. The van der Waals surface area contributed by atoms with Crippen molar-refractivity contribution in [1.82, 2.24) is 15.2 Å². The van der Waals surface area contributed by atoms with Crippen molar-refractivity contribution in [3.05, 3.63) is 24.4 Å². The van der Waals surface area contributed by atoms with Gasteiger partial charge in [-0.1, -0.05) is 6.07 Å². The molecule has 0 unspecified atom stereocenters. The quantitative estimate of drug-likeness (QED) is 0.851. The highest BCUT2D eigenvalue weighted by atomic mass is 35.5. The first-order valence-corrected chi connectivity index (χ1v) is 5.44. The smallest absolute Gasteiger partial charge is 0.212 e. The van der Waals surface area contributed by atoms with E-state index in [1.807, 2.05) is 18.2 Å². The monoisotopic (exact) mass is 267 g/mol. The van der Waals surface area contributed by atoms with Gasteiger partial charge in [-0.2, -0.15) is 9.89 Å². The van der Waals surface area contributed by atoms with Crippen LogP contribution in [0, 0.1) is 0 Å². The van der Waals surface area contributed by atoms with Gasteiger partial charge in [0.25, 0.3) is 0 Å². The predicted molar refractivity (Wildman–Crippen MR) is 73.2 cm³/mol. The molecule has 1 aliphatic heterocycles. The first-order valence-electron chi connectivity index (χ1n) is 5.44. The lowest BCUT2D eigenvalue weighted by atomic mass is 10.2. The van der Waals surface area contributed by atoms with E-state index in [1.165, 1.54) is 0 Å². The molecule has 0 saturated carbocycles. The number of aliphatic imine (C=N–C) groups is 1. The van der Waals surface area contributed by atoms with Gasteiger partial charge < -0.3 is 10.1 Å². The Balaban J connectivity index is 0.00000120. The first kappa shape index (κ1) is 12.5. The summed E-state index contributed by atoms with van der Waals surface area (Å²) in [7, 11) is 1.65. The number of fused-ring (bicyclic) bond motifs is 1. The maximum absolute atomic E-state index is 5.28. The Labute approximate surface area is 110 Å². The van der Waals surface area contributed by atoms with Gasteiger partial charge in [0.1, 0.15) is 5.75 Å². The number of hydrogen-bond acceptors (Lipinski definition) is 5. The summed E-state index contributed by atoms with van der Waals surface area (Å²) in [5.41, 5.74) is 4.06. The number of methoxy groups -OCH3 is 1. The van der Waals surface area contributed by atoms with E-state index in [4.69, 9.17) is 4.74 Å². The molecule has 2 aromatic rings. The molecule has 0 fully saturated rings. The second-order valence-electron chi connectivity index (χ2n) is 3.72. The van der Waals surface area contributed by atoms with Gasteiger partial charge in [-0.05, 0) is 12.1 Å². The Morgan fingerprint density at radius 2 is 2.33 bits per heavy atom. The Bertz CT molecular complexity index is 580. The Hall–Kier alpha value is -1.95. The molecule has 18 heavy (non-hydrogen) atoms. The van der Waals surface area contributed by atoms with Gasteiger partial charge in [0.05, 0.1) is 30.8 Å². The maximum Gasteiger partial charge on any atom is 0.212 e. The fraction of sp³-hybridized carbons (Fsp3) is 0.273. The van der Waals surface area contributed by atoms with Crippen LogP contribution in [0.4, 0.5) is 0 Å². The third kappa shape index (κ3) is 2.06. The summed E-state index contributed by atoms with van der Waals surface area (Å²) < 4.78 is 5.28. The Morgan fingerprint density at radius 1 is 1.44 bits per heavy atom. The molecule has 0 amide bonds. The molecule has 0 atom stereocenters. The van der Waals surface area contributed by atoms with Crippen molar-refractivity contribution < 1.29 is 4.74 Å². The fourth-order valence-electron chi connectivity index (χ4n) is 1.86. The van der Waals surface area contributed by atoms with E-state index in [0.29, 0.717) is 0 Å². The highest BCUT2D eigenvalue weighted by Crippen LogP contribution is 2.24. The van der Waals surface area contributed by atoms with Crippen LogP contribution in [0.5, 0.6) is 5.75 Å². The Kier molecular flexibility index (Phi) is 3.57.